The average Bonchev–Trinajstić information content (AvgIpc) is 2.82. The summed E-state index contributed by atoms with van der Waals surface area (Å²) >= 11 is 0. The molecular formula is C15H15F20O5P. The summed E-state index contributed by atoms with van der Waals surface area (Å²) in [6.07, 6.45) is -25.1. The zero-order valence-corrected chi connectivity index (χ0v) is 19.9. The molecule has 0 fully saturated rings. The van der Waals surface area contributed by atoms with E-state index >= 15 is 0 Å². The van der Waals surface area contributed by atoms with Crippen LogP contribution in [-0.2, 0) is 22.6 Å². The zero-order valence-electron chi connectivity index (χ0n) is 19.0. The van der Waals surface area contributed by atoms with Crippen LogP contribution >= 0.6 is 7.74 Å². The first-order valence-corrected chi connectivity index (χ1v) is 11.5. The molecule has 0 spiro atoms. The van der Waals surface area contributed by atoms with Gasteiger partial charge in [-0.1, -0.05) is 0 Å². The summed E-state index contributed by atoms with van der Waals surface area (Å²) < 4.78 is 279. The summed E-state index contributed by atoms with van der Waals surface area (Å²) in [4.78, 5) is 0. The normalized spacial score (nSPS) is 16.0. The number of rotatable bonds is 20. The molecule has 0 unspecified atom stereocenters. The molecular weight excluding hydrogens is 671 g/mol. The molecule has 0 radical (unpaired) electrons. The maximum atomic E-state index is 13.5. The van der Waals surface area contributed by atoms with Crippen molar-refractivity contribution in [3.8, 4) is 0 Å². The Morgan fingerprint density at radius 3 is 0.537 bits per heavy atom. The van der Waals surface area contributed by atoms with E-state index in [9.17, 15) is 87.8 Å². The summed E-state index contributed by atoms with van der Waals surface area (Å²) in [5, 5.41) is 0. The second-order valence-corrected chi connectivity index (χ2v) is 10.2. The summed E-state index contributed by atoms with van der Waals surface area (Å²) in [5.74, 6) is -29.1. The molecule has 0 aliphatic rings. The van der Waals surface area contributed by atoms with Crippen LogP contribution in [0.25, 0.3) is 0 Å². The molecule has 0 bridgehead atoms. The van der Waals surface area contributed by atoms with Crippen LogP contribution in [0.3, 0.4) is 0 Å². The van der Waals surface area contributed by atoms with Gasteiger partial charge in [-0.25, -0.2) is 0 Å². The van der Waals surface area contributed by atoms with Gasteiger partial charge in [0.05, 0.1) is 0 Å². The van der Waals surface area contributed by atoms with Crippen LogP contribution in [0, 0.1) is 0 Å². The zero-order chi connectivity index (χ0) is 32.9. The van der Waals surface area contributed by atoms with E-state index in [0.29, 0.717) is 0 Å². The Bertz CT molecular complexity index is 655. The quantitative estimate of drug-likeness (QED) is 0.0972. The molecule has 0 rings (SSSR count). The van der Waals surface area contributed by atoms with Crippen molar-refractivity contribution < 1.29 is 110 Å². The number of hydrogen-bond donors (Lipinski definition) is 0. The van der Waals surface area contributed by atoms with Crippen LogP contribution in [0.2, 0.25) is 0 Å². The van der Waals surface area contributed by atoms with Gasteiger partial charge in [-0.15, -0.1) is 0 Å². The van der Waals surface area contributed by atoms with E-state index in [0.717, 1.165) is 0 Å². The summed E-state index contributed by atoms with van der Waals surface area (Å²) in [7, 11) is -8.71. The van der Waals surface area contributed by atoms with Gasteiger partial charge in [0.25, 0.3) is 0 Å². The van der Waals surface area contributed by atoms with Crippen LogP contribution in [0.1, 0.15) is 0 Å². The van der Waals surface area contributed by atoms with Crippen LogP contribution in [0.5, 0.6) is 0 Å². The molecule has 0 aromatic rings. The topological polar surface area (TPSA) is 46.2 Å². The van der Waals surface area contributed by atoms with Gasteiger partial charge in [0, 0.05) is 0 Å². The van der Waals surface area contributed by atoms with E-state index in [1.54, 1.807) is 0 Å². The molecule has 0 aliphatic carbocycles. The van der Waals surface area contributed by atoms with E-state index in [2.05, 4.69) is 22.6 Å². The third kappa shape index (κ3) is 11.1. The van der Waals surface area contributed by atoms with Crippen LogP contribution in [-0.4, -0.2) is 94.8 Å². The van der Waals surface area contributed by atoms with E-state index in [1.165, 1.54) is 0 Å². The SMILES string of the molecule is FC(F)C(F)(F)COP(OCC(F)(F)C(F)F)(OCC(F)(F)C(F)F)(OCC(F)(F)C(F)F)OCC(F)(F)C(F)F. The van der Waals surface area contributed by atoms with Crippen molar-refractivity contribution >= 4 is 7.74 Å². The Hall–Kier alpha value is -1.17. The van der Waals surface area contributed by atoms with Crippen molar-refractivity contribution in [3.05, 3.63) is 0 Å². The number of halogens is 20. The first kappa shape index (κ1) is 39.8. The van der Waals surface area contributed by atoms with Crippen molar-refractivity contribution in [2.75, 3.05) is 33.0 Å². The molecule has 0 saturated carbocycles. The second-order valence-electron chi connectivity index (χ2n) is 7.42. The standard InChI is InChI=1S/C15H15F20O5P/c16-6(17)11(26,27)1-36-41(37-2-12(28,29)7(18)19,38-3-13(30,31)8(20)21,39-4-14(32,33)9(22)23)40-5-15(34,35)10(24)25/h6-10H,1-5H2. The Kier molecular flexibility index (Phi) is 13.3. The van der Waals surface area contributed by atoms with Crippen LogP contribution < -0.4 is 0 Å². The number of hydrogen-bond acceptors (Lipinski definition) is 5. The molecule has 0 aromatic carbocycles. The van der Waals surface area contributed by atoms with Gasteiger partial charge in [-0.3, -0.25) is 0 Å². The van der Waals surface area contributed by atoms with Gasteiger partial charge in [0.15, 0.2) is 0 Å². The predicted molar refractivity (Wildman–Crippen MR) is 91.4 cm³/mol. The fourth-order valence-electron chi connectivity index (χ4n) is 1.65. The first-order chi connectivity index (χ1) is 18.1. The third-order valence-electron chi connectivity index (χ3n) is 3.94. The minimum absolute atomic E-state index is 3.41. The molecule has 0 atom stereocenters. The average molecular weight is 686 g/mol. The van der Waals surface area contributed by atoms with Crippen molar-refractivity contribution in [2.45, 2.75) is 61.7 Å². The van der Waals surface area contributed by atoms with Gasteiger partial charge in [0.2, 0.25) is 0 Å². The monoisotopic (exact) mass is 686 g/mol. The van der Waals surface area contributed by atoms with Crippen molar-refractivity contribution in [1.29, 1.82) is 0 Å². The van der Waals surface area contributed by atoms with Crippen molar-refractivity contribution in [2.24, 2.45) is 0 Å². The van der Waals surface area contributed by atoms with Crippen LogP contribution in [0.15, 0.2) is 0 Å². The molecule has 250 valence electrons. The van der Waals surface area contributed by atoms with Gasteiger partial charge in [-0.2, -0.15) is 0 Å². The molecule has 0 aromatic heterocycles. The fourth-order valence-corrected chi connectivity index (χ4v) is 4.31. The Balaban J connectivity index is 7.38. The van der Waals surface area contributed by atoms with Gasteiger partial charge < -0.3 is 0 Å². The van der Waals surface area contributed by atoms with E-state index < -0.39 is 103 Å². The Labute approximate surface area is 214 Å². The molecule has 0 amide bonds. The maximum absolute atomic E-state index is 13.5. The minimum atomic E-state index is -8.71. The number of alkyl halides is 20. The van der Waals surface area contributed by atoms with Gasteiger partial charge in [0.1, 0.15) is 0 Å². The summed E-state index contributed by atoms with van der Waals surface area (Å²) in [5.41, 5.74) is 0. The van der Waals surface area contributed by atoms with Crippen molar-refractivity contribution in [3.63, 3.8) is 0 Å². The molecule has 5 nitrogen and oxygen atoms in total. The third-order valence-corrected chi connectivity index (χ3v) is 6.69. The van der Waals surface area contributed by atoms with Crippen molar-refractivity contribution in [1.82, 2.24) is 0 Å². The fraction of sp³-hybridized carbons (Fsp3) is 1.00. The Morgan fingerprint density at radius 2 is 0.439 bits per heavy atom. The Morgan fingerprint density at radius 1 is 0.317 bits per heavy atom. The molecule has 41 heavy (non-hydrogen) atoms. The first-order valence-electron chi connectivity index (χ1n) is 9.64. The molecule has 0 N–H and O–H groups in total. The van der Waals surface area contributed by atoms with E-state index in [-0.39, 0.29) is 0 Å². The molecule has 0 heterocycles. The van der Waals surface area contributed by atoms with E-state index in [4.69, 9.17) is 0 Å². The van der Waals surface area contributed by atoms with Crippen LogP contribution in [0.4, 0.5) is 87.8 Å². The molecule has 0 saturated heterocycles. The summed E-state index contributed by atoms with van der Waals surface area (Å²) in [6, 6.07) is 0. The van der Waals surface area contributed by atoms with Gasteiger partial charge in [-0.05, 0) is 0 Å². The molecule has 0 aliphatic heterocycles. The van der Waals surface area contributed by atoms with E-state index in [1.807, 2.05) is 0 Å². The van der Waals surface area contributed by atoms with Gasteiger partial charge >= 0.3 is 213 Å². The predicted octanol–water partition coefficient (Wildman–Crippen LogP) is 7.70. The summed E-state index contributed by atoms with van der Waals surface area (Å²) in [6.45, 7) is -17.1. The molecule has 26 heteroatoms. The second kappa shape index (κ2) is 13.6.